The monoisotopic (exact) mass is 343 g/mol. The predicted octanol–water partition coefficient (Wildman–Crippen LogP) is 2.22. The molecule has 2 amide bonds. The number of carbonyl (C=O) groups is 2. The highest BCUT2D eigenvalue weighted by atomic mass is 16.6. The van der Waals surface area contributed by atoms with Gasteiger partial charge in [0, 0.05) is 19.7 Å². The van der Waals surface area contributed by atoms with Crippen LogP contribution in [0, 0.1) is 10.1 Å². The molecule has 0 spiro atoms. The Bertz CT molecular complexity index is 791. The average Bonchev–Trinajstić information content (AvgIpc) is 2.62. The molecule has 0 radical (unpaired) electrons. The molecule has 0 saturated heterocycles. The second-order valence-electron chi connectivity index (χ2n) is 5.02. The number of nitro benzene ring substituents is 1. The van der Waals surface area contributed by atoms with Crippen LogP contribution < -0.4 is 10.6 Å². The first kappa shape index (κ1) is 18.1. The van der Waals surface area contributed by atoms with Crippen molar-refractivity contribution in [1.82, 2.24) is 5.32 Å². The van der Waals surface area contributed by atoms with Crippen molar-refractivity contribution < 1.29 is 19.2 Å². The molecule has 25 heavy (non-hydrogen) atoms. The number of hydrogen-bond donors (Lipinski definition) is 2. The summed E-state index contributed by atoms with van der Waals surface area (Å²) in [5.74, 6) is -1.04. The first-order chi connectivity index (χ1) is 12.0. The van der Waals surface area contributed by atoms with Crippen LogP contribution in [-0.2, 0) is 4.74 Å². The highest BCUT2D eigenvalue weighted by Gasteiger charge is 2.20. The van der Waals surface area contributed by atoms with E-state index >= 15 is 0 Å². The van der Waals surface area contributed by atoms with Crippen molar-refractivity contribution in [2.45, 2.75) is 0 Å². The number of carbonyl (C=O) groups excluding carboxylic acids is 2. The second-order valence-corrected chi connectivity index (χ2v) is 5.02. The molecule has 2 rings (SSSR count). The van der Waals surface area contributed by atoms with Gasteiger partial charge in [0.15, 0.2) is 0 Å². The lowest BCUT2D eigenvalue weighted by Crippen LogP contribution is -2.28. The molecule has 2 aromatic rings. The maximum Gasteiger partial charge on any atom is 0.282 e. The number of anilines is 1. The van der Waals surface area contributed by atoms with Crippen LogP contribution in [0.1, 0.15) is 20.7 Å². The lowest BCUT2D eigenvalue weighted by Gasteiger charge is -2.11. The number of amides is 2. The normalized spacial score (nSPS) is 10.1. The zero-order valence-electron chi connectivity index (χ0n) is 13.5. The van der Waals surface area contributed by atoms with Gasteiger partial charge in [-0.05, 0) is 18.2 Å². The Kier molecular flexibility index (Phi) is 6.19. The molecule has 0 aliphatic rings. The summed E-state index contributed by atoms with van der Waals surface area (Å²) in [5.41, 5.74) is 0.134. The van der Waals surface area contributed by atoms with Crippen molar-refractivity contribution in [3.63, 3.8) is 0 Å². The minimum Gasteiger partial charge on any atom is -0.383 e. The van der Waals surface area contributed by atoms with Crippen molar-refractivity contribution >= 4 is 23.2 Å². The van der Waals surface area contributed by atoms with E-state index in [1.807, 2.05) is 0 Å². The molecule has 130 valence electrons. The van der Waals surface area contributed by atoms with Crippen LogP contribution in [0.5, 0.6) is 0 Å². The summed E-state index contributed by atoms with van der Waals surface area (Å²) in [5, 5.41) is 16.3. The fraction of sp³-hybridized carbons (Fsp3) is 0.176. The number of nitro groups is 1. The van der Waals surface area contributed by atoms with Gasteiger partial charge in [0.2, 0.25) is 0 Å². The smallest absolute Gasteiger partial charge is 0.282 e. The number of hydrogen-bond acceptors (Lipinski definition) is 5. The Balaban J connectivity index is 2.22. The lowest BCUT2D eigenvalue weighted by molar-refractivity contribution is -0.385. The van der Waals surface area contributed by atoms with Crippen LogP contribution in [0.4, 0.5) is 11.4 Å². The van der Waals surface area contributed by atoms with Crippen LogP contribution in [0.2, 0.25) is 0 Å². The molecular weight excluding hydrogens is 326 g/mol. The minimum atomic E-state index is -0.663. The summed E-state index contributed by atoms with van der Waals surface area (Å²) in [6, 6.07) is 12.0. The summed E-state index contributed by atoms with van der Waals surface area (Å²) in [4.78, 5) is 35.0. The standard InChI is InChI=1S/C17H17N3O5/c1-25-11-10-18-16(21)12-6-2-4-8-14(12)19-17(22)13-7-3-5-9-15(13)20(23)24/h2-9H,10-11H2,1H3,(H,18,21)(H,19,22). The van der Waals surface area contributed by atoms with Gasteiger partial charge in [0.25, 0.3) is 17.5 Å². The number of benzene rings is 2. The highest BCUT2D eigenvalue weighted by Crippen LogP contribution is 2.21. The summed E-state index contributed by atoms with van der Waals surface area (Å²) in [6.07, 6.45) is 0. The molecule has 2 N–H and O–H groups in total. The van der Waals surface area contributed by atoms with E-state index in [-0.39, 0.29) is 28.4 Å². The largest absolute Gasteiger partial charge is 0.383 e. The Morgan fingerprint density at radius 2 is 1.68 bits per heavy atom. The van der Waals surface area contributed by atoms with Crippen LogP contribution in [0.15, 0.2) is 48.5 Å². The Hall–Kier alpha value is -3.26. The van der Waals surface area contributed by atoms with E-state index in [0.717, 1.165) is 0 Å². The molecule has 0 bridgehead atoms. The summed E-state index contributed by atoms with van der Waals surface area (Å²) in [7, 11) is 1.52. The van der Waals surface area contributed by atoms with Crippen molar-refractivity contribution in [2.24, 2.45) is 0 Å². The molecule has 0 heterocycles. The predicted molar refractivity (Wildman–Crippen MR) is 91.7 cm³/mol. The Labute approximate surface area is 144 Å². The summed E-state index contributed by atoms with van der Waals surface area (Å²) < 4.78 is 4.87. The number of nitrogens with one attached hydrogen (secondary N) is 2. The quantitative estimate of drug-likeness (QED) is 0.455. The molecule has 0 aliphatic carbocycles. The summed E-state index contributed by atoms with van der Waals surface area (Å²) in [6.45, 7) is 0.679. The van der Waals surface area contributed by atoms with Crippen LogP contribution in [0.25, 0.3) is 0 Å². The van der Waals surface area contributed by atoms with Gasteiger partial charge in [-0.3, -0.25) is 19.7 Å². The number of nitrogens with zero attached hydrogens (tertiary/aromatic N) is 1. The Morgan fingerprint density at radius 3 is 2.36 bits per heavy atom. The van der Waals surface area contributed by atoms with Gasteiger partial charge >= 0.3 is 0 Å². The molecule has 0 atom stereocenters. The van der Waals surface area contributed by atoms with Gasteiger partial charge in [0.1, 0.15) is 5.56 Å². The van der Waals surface area contributed by atoms with Crippen molar-refractivity contribution in [3.8, 4) is 0 Å². The van der Waals surface area contributed by atoms with Crippen LogP contribution >= 0.6 is 0 Å². The number of ether oxygens (including phenoxy) is 1. The fourth-order valence-electron chi connectivity index (χ4n) is 2.17. The molecule has 8 heteroatoms. The third kappa shape index (κ3) is 4.61. The third-order valence-corrected chi connectivity index (χ3v) is 3.36. The van der Waals surface area contributed by atoms with Crippen LogP contribution in [0.3, 0.4) is 0 Å². The second kappa shape index (κ2) is 8.55. The number of methoxy groups -OCH3 is 1. The fourth-order valence-corrected chi connectivity index (χ4v) is 2.17. The lowest BCUT2D eigenvalue weighted by atomic mass is 10.1. The molecule has 8 nitrogen and oxygen atoms in total. The molecule has 2 aromatic carbocycles. The molecule has 0 saturated carbocycles. The molecule has 0 aliphatic heterocycles. The van der Waals surface area contributed by atoms with Gasteiger partial charge in [-0.1, -0.05) is 24.3 Å². The Morgan fingerprint density at radius 1 is 1.04 bits per heavy atom. The number of para-hydroxylation sites is 2. The SMILES string of the molecule is COCCNC(=O)c1ccccc1NC(=O)c1ccccc1[N+](=O)[O-]. The molecule has 0 fully saturated rings. The number of rotatable bonds is 7. The van der Waals surface area contributed by atoms with E-state index in [1.165, 1.54) is 31.4 Å². The molecule has 0 unspecified atom stereocenters. The maximum atomic E-state index is 12.4. The third-order valence-electron chi connectivity index (χ3n) is 3.36. The first-order valence-corrected chi connectivity index (χ1v) is 7.45. The van der Waals surface area contributed by atoms with E-state index in [4.69, 9.17) is 4.74 Å². The van der Waals surface area contributed by atoms with Gasteiger partial charge in [-0.25, -0.2) is 0 Å². The average molecular weight is 343 g/mol. The molecular formula is C17H17N3O5. The summed E-state index contributed by atoms with van der Waals surface area (Å²) >= 11 is 0. The molecule has 0 aromatic heterocycles. The van der Waals surface area contributed by atoms with Gasteiger partial charge in [-0.15, -0.1) is 0 Å². The van der Waals surface area contributed by atoms with Gasteiger partial charge in [0.05, 0.1) is 22.8 Å². The topological polar surface area (TPSA) is 111 Å². The van der Waals surface area contributed by atoms with E-state index < -0.39 is 10.8 Å². The van der Waals surface area contributed by atoms with Gasteiger partial charge < -0.3 is 15.4 Å². The van der Waals surface area contributed by atoms with E-state index in [2.05, 4.69) is 10.6 Å². The van der Waals surface area contributed by atoms with E-state index in [0.29, 0.717) is 13.2 Å². The van der Waals surface area contributed by atoms with Crippen molar-refractivity contribution in [2.75, 3.05) is 25.6 Å². The maximum absolute atomic E-state index is 12.4. The van der Waals surface area contributed by atoms with Crippen molar-refractivity contribution in [1.29, 1.82) is 0 Å². The minimum absolute atomic E-state index is 0.0814. The first-order valence-electron chi connectivity index (χ1n) is 7.45. The highest BCUT2D eigenvalue weighted by molar-refractivity contribution is 6.10. The van der Waals surface area contributed by atoms with Crippen LogP contribution in [-0.4, -0.2) is 37.0 Å². The van der Waals surface area contributed by atoms with E-state index in [1.54, 1.807) is 24.3 Å². The van der Waals surface area contributed by atoms with Crippen molar-refractivity contribution in [3.05, 3.63) is 69.8 Å². The van der Waals surface area contributed by atoms with Gasteiger partial charge in [-0.2, -0.15) is 0 Å². The van der Waals surface area contributed by atoms with E-state index in [9.17, 15) is 19.7 Å². The zero-order chi connectivity index (χ0) is 18.2. The zero-order valence-corrected chi connectivity index (χ0v) is 13.5.